The monoisotopic (exact) mass is 984 g/mol. The van der Waals surface area contributed by atoms with E-state index in [4.69, 9.17) is 17.2 Å². The number of benzene rings is 2. The van der Waals surface area contributed by atoms with Crippen LogP contribution < -0.4 is 54.4 Å². The Morgan fingerprint density at radius 3 is 1.77 bits per heavy atom. The van der Waals surface area contributed by atoms with Gasteiger partial charge >= 0.3 is 5.97 Å². The molecular weight excluding hydrogens is 921 g/mol. The second-order valence-electron chi connectivity index (χ2n) is 16.8. The smallest absolute Gasteiger partial charge is 0.322 e. The van der Waals surface area contributed by atoms with Crippen LogP contribution in [0.1, 0.15) is 75.6 Å². The van der Waals surface area contributed by atoms with Crippen molar-refractivity contribution in [3.8, 4) is 0 Å². The number of nitrogens with one attached hydrogen (secondary N) is 9. The Morgan fingerprint density at radius 1 is 0.648 bits per heavy atom. The van der Waals surface area contributed by atoms with Gasteiger partial charge in [-0.2, -0.15) is 0 Å². The number of carbonyl (C=O) groups is 9. The average molecular weight is 985 g/mol. The number of rotatable bonds is 30. The second kappa shape index (κ2) is 28.2. The topological polar surface area (TPSA) is 393 Å². The number of imidazole rings is 1. The van der Waals surface area contributed by atoms with Gasteiger partial charge < -0.3 is 69.5 Å². The van der Waals surface area contributed by atoms with E-state index in [1.165, 1.54) is 19.4 Å². The lowest BCUT2D eigenvalue weighted by Gasteiger charge is -2.27. The Hall–Kier alpha value is -8.31. The largest absolute Gasteiger partial charge is 0.480 e. The van der Waals surface area contributed by atoms with Gasteiger partial charge in [0.2, 0.25) is 47.3 Å². The molecule has 0 bridgehead atoms. The molecule has 4 rings (SSSR count). The van der Waals surface area contributed by atoms with E-state index in [2.05, 4.69) is 57.2 Å². The molecule has 0 fully saturated rings. The molecule has 24 heteroatoms. The molecule has 4 aromatic rings. The van der Waals surface area contributed by atoms with Crippen molar-refractivity contribution >= 4 is 70.1 Å². The van der Waals surface area contributed by atoms with Gasteiger partial charge in [0.25, 0.3) is 0 Å². The molecule has 0 saturated carbocycles. The highest BCUT2D eigenvalue weighted by Gasteiger charge is 2.34. The number of para-hydroxylation sites is 1. The first-order valence-corrected chi connectivity index (χ1v) is 23.1. The third-order valence-corrected chi connectivity index (χ3v) is 11.1. The number of hydrogen-bond acceptors (Lipinski definition) is 11. The number of carboxylic acid groups (broad SMARTS) is 1. The van der Waals surface area contributed by atoms with Crippen LogP contribution in [0.25, 0.3) is 10.9 Å². The second-order valence-corrected chi connectivity index (χ2v) is 16.8. The summed E-state index contributed by atoms with van der Waals surface area (Å²) in [5.41, 5.74) is 18.9. The number of aromatic nitrogens is 3. The molecule has 0 aliphatic carbocycles. The Kier molecular flexibility index (Phi) is 22.0. The first-order valence-electron chi connectivity index (χ1n) is 23.1. The summed E-state index contributed by atoms with van der Waals surface area (Å²) in [5, 5.41) is 28.3. The van der Waals surface area contributed by atoms with Gasteiger partial charge in [0.05, 0.1) is 6.33 Å². The molecule has 382 valence electrons. The SMILES string of the molecule is CCCC[C@H](NC(C)=O)C(=O)N[C@@H](CCC(N)=O)C(=O)N[C@@H](Cc1cnc[nH]1)C(=O)N[C@H](Cc1ccccc1)C(=O)N[C@@H](CCCN=C(N)N)C(=O)N[C@H](Cc1c[nH]c2ccccc12)C(=O)NCC(=O)O. The molecule has 0 spiro atoms. The summed E-state index contributed by atoms with van der Waals surface area (Å²) in [6, 6.07) is 7.88. The molecular formula is C47H64N14O10. The lowest BCUT2D eigenvalue weighted by molar-refractivity contribution is -0.138. The fraction of sp³-hybridized carbons (Fsp3) is 0.426. The number of hydrogen-bond donors (Lipinski definition) is 13. The zero-order chi connectivity index (χ0) is 51.9. The molecule has 0 aliphatic rings. The van der Waals surface area contributed by atoms with Crippen LogP contribution in [0.3, 0.4) is 0 Å². The van der Waals surface area contributed by atoms with Gasteiger partial charge in [0.15, 0.2) is 5.96 Å². The molecule has 0 aliphatic heterocycles. The van der Waals surface area contributed by atoms with Crippen LogP contribution in [0.15, 0.2) is 78.3 Å². The Bertz CT molecular complexity index is 2470. The van der Waals surface area contributed by atoms with E-state index in [0.717, 1.165) is 10.9 Å². The van der Waals surface area contributed by atoms with Gasteiger partial charge in [-0.25, -0.2) is 4.98 Å². The van der Waals surface area contributed by atoms with Crippen molar-refractivity contribution in [2.24, 2.45) is 22.2 Å². The molecule has 0 radical (unpaired) electrons. The zero-order valence-corrected chi connectivity index (χ0v) is 39.6. The summed E-state index contributed by atoms with van der Waals surface area (Å²) >= 11 is 0. The maximum Gasteiger partial charge on any atom is 0.322 e. The maximum absolute atomic E-state index is 14.5. The Morgan fingerprint density at radius 2 is 1.20 bits per heavy atom. The molecule has 2 aromatic heterocycles. The molecule has 2 aromatic carbocycles. The van der Waals surface area contributed by atoms with Crippen molar-refractivity contribution in [2.75, 3.05) is 13.1 Å². The van der Waals surface area contributed by atoms with Gasteiger partial charge in [-0.05, 0) is 42.9 Å². The first kappa shape index (κ1) is 55.3. The number of nitrogens with zero attached hydrogens (tertiary/aromatic N) is 2. The fourth-order valence-electron chi connectivity index (χ4n) is 7.51. The third kappa shape index (κ3) is 19.0. The highest BCUT2D eigenvalue weighted by molar-refractivity contribution is 5.98. The lowest BCUT2D eigenvalue weighted by atomic mass is 10.0. The van der Waals surface area contributed by atoms with Crippen LogP contribution in [0.4, 0.5) is 0 Å². The van der Waals surface area contributed by atoms with Crippen molar-refractivity contribution in [1.82, 2.24) is 52.2 Å². The number of guanidine groups is 1. The molecule has 0 unspecified atom stereocenters. The summed E-state index contributed by atoms with van der Waals surface area (Å²) in [4.78, 5) is 134. The number of H-pyrrole nitrogens is 2. The standard InChI is InChI=1S/C47H64N14O10/c1-3-4-14-33(56-27(2)62)42(67)58-35(17-18-39(48)63)44(69)61-38(22-30-24-51-26-55-30)46(71)59-36(20-28-11-6-5-7-12-28)45(70)57-34(16-10-19-52-47(49)50)43(68)60-37(41(66)54-25-40(64)65)21-29-23-53-32-15-9-8-13-31(29)32/h5-9,11-13,15,23-24,26,33-38,53H,3-4,10,14,16-22,25H2,1-2H3,(H2,48,63)(H,51,55)(H,54,66)(H,56,62)(H,57,70)(H,58,67)(H,59,71)(H,60,68)(H,61,69)(H,64,65)(H4,49,50,52)/t33-,34-,35-,36+,37+,38-/m0/s1. The number of fused-ring (bicyclic) bond motifs is 1. The van der Waals surface area contributed by atoms with Gasteiger partial charge in [0.1, 0.15) is 42.8 Å². The Labute approximate surface area is 409 Å². The van der Waals surface area contributed by atoms with Crippen molar-refractivity contribution in [1.29, 1.82) is 0 Å². The van der Waals surface area contributed by atoms with Crippen molar-refractivity contribution < 1.29 is 48.3 Å². The summed E-state index contributed by atoms with van der Waals surface area (Å²) in [5.74, 6) is -7.71. The van der Waals surface area contributed by atoms with Crippen molar-refractivity contribution in [2.45, 2.75) is 114 Å². The number of nitrogens with two attached hydrogens (primary N) is 3. The number of amides is 8. The molecule has 2 heterocycles. The van der Waals surface area contributed by atoms with Crippen LogP contribution >= 0.6 is 0 Å². The predicted molar refractivity (Wildman–Crippen MR) is 260 cm³/mol. The summed E-state index contributed by atoms with van der Waals surface area (Å²) < 4.78 is 0. The summed E-state index contributed by atoms with van der Waals surface area (Å²) in [7, 11) is 0. The number of aromatic amines is 2. The predicted octanol–water partition coefficient (Wildman–Crippen LogP) is -1.44. The molecule has 0 saturated heterocycles. The third-order valence-electron chi connectivity index (χ3n) is 11.1. The van der Waals surface area contributed by atoms with E-state index >= 15 is 0 Å². The Balaban J connectivity index is 1.65. The lowest BCUT2D eigenvalue weighted by Crippen LogP contribution is -2.60. The normalized spacial score (nSPS) is 13.4. The number of unbranched alkanes of at least 4 members (excludes halogenated alkanes) is 1. The van der Waals surface area contributed by atoms with Crippen molar-refractivity contribution in [3.05, 3.63) is 90.1 Å². The van der Waals surface area contributed by atoms with Gasteiger partial charge in [-0.3, -0.25) is 48.1 Å². The molecule has 6 atom stereocenters. The van der Waals surface area contributed by atoms with Crippen LogP contribution in [-0.2, 0) is 62.4 Å². The minimum absolute atomic E-state index is 0.0481. The van der Waals surface area contributed by atoms with Crippen LogP contribution in [0, 0.1) is 0 Å². The van der Waals surface area contributed by atoms with E-state index in [-0.39, 0.29) is 63.9 Å². The number of carboxylic acids is 1. The summed E-state index contributed by atoms with van der Waals surface area (Å²) in [6.07, 6.45) is 5.06. The molecule has 71 heavy (non-hydrogen) atoms. The highest BCUT2D eigenvalue weighted by Crippen LogP contribution is 2.20. The zero-order valence-electron chi connectivity index (χ0n) is 39.6. The van der Waals surface area contributed by atoms with Gasteiger partial charge in [-0.15, -0.1) is 0 Å². The van der Waals surface area contributed by atoms with Gasteiger partial charge in [-0.1, -0.05) is 68.3 Å². The van der Waals surface area contributed by atoms with E-state index in [1.54, 1.807) is 42.6 Å². The number of aliphatic imine (C=N–C) groups is 1. The first-order chi connectivity index (χ1) is 33.9. The van der Waals surface area contributed by atoms with Gasteiger partial charge in [0, 0.05) is 68.1 Å². The van der Waals surface area contributed by atoms with Crippen LogP contribution in [0.2, 0.25) is 0 Å². The molecule has 24 nitrogen and oxygen atoms in total. The van der Waals surface area contributed by atoms with E-state index in [9.17, 15) is 48.3 Å². The minimum atomic E-state index is -1.44. The summed E-state index contributed by atoms with van der Waals surface area (Å²) in [6.45, 7) is 2.46. The van der Waals surface area contributed by atoms with E-state index in [1.807, 2.05) is 25.1 Å². The number of aliphatic carboxylic acids is 1. The molecule has 8 amide bonds. The number of carbonyl (C=O) groups excluding carboxylic acids is 8. The van der Waals surface area contributed by atoms with E-state index in [0.29, 0.717) is 29.7 Å². The maximum atomic E-state index is 14.5. The quantitative estimate of drug-likeness (QED) is 0.0162. The van der Waals surface area contributed by atoms with Crippen LogP contribution in [-0.4, -0.2) is 129 Å². The molecule has 16 N–H and O–H groups in total. The highest BCUT2D eigenvalue weighted by atomic mass is 16.4. The number of primary amides is 1. The van der Waals surface area contributed by atoms with Crippen molar-refractivity contribution in [3.63, 3.8) is 0 Å². The van der Waals surface area contributed by atoms with Crippen LogP contribution in [0.5, 0.6) is 0 Å². The average Bonchev–Trinajstić information content (AvgIpc) is 4.01. The van der Waals surface area contributed by atoms with E-state index < -0.39 is 96.0 Å². The fourth-order valence-corrected chi connectivity index (χ4v) is 7.51. The minimum Gasteiger partial charge on any atom is -0.480 e.